The Morgan fingerprint density at radius 3 is 3.06 bits per heavy atom. The van der Waals surface area contributed by atoms with E-state index >= 15 is 0 Å². The Labute approximate surface area is 108 Å². The van der Waals surface area contributed by atoms with E-state index in [4.69, 9.17) is 5.73 Å². The summed E-state index contributed by atoms with van der Waals surface area (Å²) in [4.78, 5) is 12.4. The number of nitrogens with zero attached hydrogens (tertiary/aromatic N) is 4. The molecular weight excluding hydrogens is 250 g/mol. The zero-order chi connectivity index (χ0) is 12.7. The minimum atomic E-state index is 0.0895. The normalized spacial score (nSPS) is 23.9. The molecule has 3 rings (SSSR count). The average molecular weight is 263 g/mol. The number of anilines is 1. The monoisotopic (exact) mass is 263 g/mol. The molecule has 1 aliphatic heterocycles. The summed E-state index contributed by atoms with van der Waals surface area (Å²) in [5.41, 5.74) is 8.09. The van der Waals surface area contributed by atoms with Gasteiger partial charge in [-0.2, -0.15) is 0 Å². The van der Waals surface area contributed by atoms with Gasteiger partial charge in [0, 0.05) is 5.75 Å². The fraction of sp³-hybridized carbons (Fsp3) is 0.364. The van der Waals surface area contributed by atoms with Gasteiger partial charge in [0.1, 0.15) is 11.8 Å². The first-order valence-electron chi connectivity index (χ1n) is 5.56. The fourth-order valence-electron chi connectivity index (χ4n) is 2.16. The number of thioether (sulfide) groups is 1. The van der Waals surface area contributed by atoms with Gasteiger partial charge in [-0.15, -0.1) is 11.8 Å². The number of hydrogen-bond acceptors (Lipinski definition) is 6. The van der Waals surface area contributed by atoms with Gasteiger partial charge < -0.3 is 15.4 Å². The van der Waals surface area contributed by atoms with Gasteiger partial charge in [0.15, 0.2) is 11.5 Å². The molecule has 6 nitrogen and oxygen atoms in total. The second kappa shape index (κ2) is 4.25. The van der Waals surface area contributed by atoms with Crippen LogP contribution in [0.1, 0.15) is 6.04 Å². The van der Waals surface area contributed by atoms with Crippen LogP contribution < -0.4 is 5.73 Å². The number of fused-ring (bicyclic) bond motifs is 1. The van der Waals surface area contributed by atoms with E-state index in [1.54, 1.807) is 18.1 Å². The lowest BCUT2D eigenvalue weighted by Gasteiger charge is -2.14. The van der Waals surface area contributed by atoms with Crippen LogP contribution in [0.25, 0.3) is 11.2 Å². The zero-order valence-electron chi connectivity index (χ0n) is 9.65. The molecule has 3 N–H and O–H groups in total. The highest BCUT2D eigenvalue weighted by atomic mass is 32.2. The second-order valence-corrected chi connectivity index (χ2v) is 5.41. The van der Waals surface area contributed by atoms with E-state index in [0.29, 0.717) is 17.0 Å². The average Bonchev–Trinajstić information content (AvgIpc) is 2.93. The third-order valence-corrected chi connectivity index (χ3v) is 4.55. The quantitative estimate of drug-likeness (QED) is 0.772. The first kappa shape index (κ1) is 11.5. The third-order valence-electron chi connectivity index (χ3n) is 3.19. The van der Waals surface area contributed by atoms with Gasteiger partial charge in [-0.05, 0) is 5.57 Å². The topological polar surface area (TPSA) is 89.8 Å². The molecule has 2 aromatic rings. The Morgan fingerprint density at radius 1 is 1.50 bits per heavy atom. The van der Waals surface area contributed by atoms with Crippen molar-refractivity contribution in [3.05, 3.63) is 24.8 Å². The van der Waals surface area contributed by atoms with Crippen LogP contribution >= 0.6 is 11.8 Å². The van der Waals surface area contributed by atoms with E-state index in [9.17, 15) is 5.11 Å². The number of hydrogen-bond donors (Lipinski definition) is 2. The van der Waals surface area contributed by atoms with Gasteiger partial charge >= 0.3 is 0 Å². The van der Waals surface area contributed by atoms with Crippen molar-refractivity contribution in [2.75, 3.05) is 18.1 Å². The number of nitrogens with two attached hydrogens (primary N) is 1. The highest BCUT2D eigenvalue weighted by Crippen LogP contribution is 2.39. The number of aromatic nitrogens is 4. The van der Waals surface area contributed by atoms with E-state index in [2.05, 4.69) is 21.5 Å². The summed E-state index contributed by atoms with van der Waals surface area (Å²) in [6.45, 7) is 4.18. The molecule has 1 fully saturated rings. The standard InChI is InChI=1S/C11H13N5OS/c1-6-7(3-18-8(6)2-17)16-5-15-9-10(12)13-4-14-11(9)16/h4-5,7-8,17H,1-3H2,(H2,12,13,14)/t7-,8-/m0/s1. The molecule has 7 heteroatoms. The molecular formula is C11H13N5OS. The van der Waals surface area contributed by atoms with Crippen LogP contribution in [0.5, 0.6) is 0 Å². The van der Waals surface area contributed by atoms with E-state index in [1.807, 2.05) is 4.57 Å². The maximum atomic E-state index is 9.26. The van der Waals surface area contributed by atoms with Crippen LogP contribution in [0.4, 0.5) is 5.82 Å². The zero-order valence-corrected chi connectivity index (χ0v) is 10.5. The molecule has 0 saturated carbocycles. The van der Waals surface area contributed by atoms with Crippen molar-refractivity contribution in [1.82, 2.24) is 19.5 Å². The number of aliphatic hydroxyl groups is 1. The van der Waals surface area contributed by atoms with E-state index < -0.39 is 0 Å². The smallest absolute Gasteiger partial charge is 0.166 e. The minimum absolute atomic E-state index is 0.0895. The van der Waals surface area contributed by atoms with Crippen molar-refractivity contribution < 1.29 is 5.11 Å². The molecule has 0 aliphatic carbocycles. The highest BCUT2D eigenvalue weighted by Gasteiger charge is 2.31. The summed E-state index contributed by atoms with van der Waals surface area (Å²) >= 11 is 1.70. The van der Waals surface area contributed by atoms with Crippen molar-refractivity contribution in [2.24, 2.45) is 0 Å². The van der Waals surface area contributed by atoms with Crippen molar-refractivity contribution >= 4 is 28.7 Å². The number of nitrogen functional groups attached to an aromatic ring is 1. The molecule has 0 spiro atoms. The van der Waals surface area contributed by atoms with E-state index in [1.165, 1.54) is 6.33 Å². The Balaban J connectivity index is 2.06. The molecule has 3 heterocycles. The lowest BCUT2D eigenvalue weighted by atomic mass is 10.1. The van der Waals surface area contributed by atoms with Crippen molar-refractivity contribution in [3.8, 4) is 0 Å². The summed E-state index contributed by atoms with van der Waals surface area (Å²) in [6, 6.07) is 0.103. The summed E-state index contributed by atoms with van der Waals surface area (Å²) in [5, 5.41) is 9.35. The summed E-state index contributed by atoms with van der Waals surface area (Å²) < 4.78 is 1.96. The second-order valence-electron chi connectivity index (χ2n) is 4.18. The third kappa shape index (κ3) is 1.58. The van der Waals surface area contributed by atoms with Crippen LogP contribution in [0, 0.1) is 0 Å². The van der Waals surface area contributed by atoms with E-state index in [0.717, 1.165) is 11.3 Å². The van der Waals surface area contributed by atoms with E-state index in [-0.39, 0.29) is 17.9 Å². The molecule has 0 unspecified atom stereocenters. The molecule has 0 aromatic carbocycles. The fourth-order valence-corrected chi connectivity index (χ4v) is 3.43. The lowest BCUT2D eigenvalue weighted by molar-refractivity contribution is 0.302. The first-order valence-corrected chi connectivity index (χ1v) is 6.61. The molecule has 1 saturated heterocycles. The summed E-state index contributed by atoms with van der Waals surface area (Å²) in [6.07, 6.45) is 3.15. The molecule has 2 atom stereocenters. The predicted octanol–water partition coefficient (Wildman–Crippen LogP) is 0.613. The van der Waals surface area contributed by atoms with Crippen LogP contribution in [-0.4, -0.2) is 42.2 Å². The van der Waals surface area contributed by atoms with Gasteiger partial charge in [-0.3, -0.25) is 0 Å². The first-order chi connectivity index (χ1) is 8.72. The Hall–Kier alpha value is -1.60. The van der Waals surface area contributed by atoms with Crippen molar-refractivity contribution in [3.63, 3.8) is 0 Å². The van der Waals surface area contributed by atoms with Gasteiger partial charge in [-0.25, -0.2) is 15.0 Å². The molecule has 2 aromatic heterocycles. The molecule has 0 bridgehead atoms. The highest BCUT2D eigenvalue weighted by molar-refractivity contribution is 8.00. The summed E-state index contributed by atoms with van der Waals surface area (Å²) in [7, 11) is 0. The molecule has 94 valence electrons. The van der Waals surface area contributed by atoms with Crippen LogP contribution in [-0.2, 0) is 0 Å². The number of rotatable bonds is 2. The number of aliphatic hydroxyl groups excluding tert-OH is 1. The van der Waals surface area contributed by atoms with Crippen molar-refractivity contribution in [1.29, 1.82) is 0 Å². The van der Waals surface area contributed by atoms with Gasteiger partial charge in [-0.1, -0.05) is 6.58 Å². The SMILES string of the molecule is C=C1[C@H](CO)SC[C@@H]1n1cnc2c(N)ncnc21. The largest absolute Gasteiger partial charge is 0.395 e. The van der Waals surface area contributed by atoms with Gasteiger partial charge in [0.25, 0.3) is 0 Å². The van der Waals surface area contributed by atoms with Gasteiger partial charge in [0.05, 0.1) is 24.2 Å². The lowest BCUT2D eigenvalue weighted by Crippen LogP contribution is -2.14. The van der Waals surface area contributed by atoms with Crippen molar-refractivity contribution in [2.45, 2.75) is 11.3 Å². The molecule has 1 aliphatic rings. The van der Waals surface area contributed by atoms with Crippen LogP contribution in [0.2, 0.25) is 0 Å². The Bertz CT molecular complexity index is 610. The van der Waals surface area contributed by atoms with Crippen LogP contribution in [0.15, 0.2) is 24.8 Å². The predicted molar refractivity (Wildman–Crippen MR) is 71.2 cm³/mol. The maximum Gasteiger partial charge on any atom is 0.166 e. The maximum absolute atomic E-state index is 9.26. The Morgan fingerprint density at radius 2 is 2.33 bits per heavy atom. The Kier molecular flexibility index (Phi) is 2.71. The number of imidazole rings is 1. The molecule has 18 heavy (non-hydrogen) atoms. The minimum Gasteiger partial charge on any atom is -0.395 e. The molecule has 0 amide bonds. The van der Waals surface area contributed by atoms with Crippen LogP contribution in [0.3, 0.4) is 0 Å². The van der Waals surface area contributed by atoms with Gasteiger partial charge in [0.2, 0.25) is 0 Å². The molecule has 0 radical (unpaired) electrons. The summed E-state index contributed by atoms with van der Waals surface area (Å²) in [5.74, 6) is 1.24.